The van der Waals surface area contributed by atoms with Crippen LogP contribution in [-0.4, -0.2) is 24.0 Å². The van der Waals surface area contributed by atoms with Gasteiger partial charge in [0.15, 0.2) is 11.5 Å². The number of methoxy groups -OCH3 is 1. The van der Waals surface area contributed by atoms with Crippen LogP contribution in [-0.2, 0) is 0 Å². The Hall–Kier alpha value is -2.80. The number of benzene rings is 2. The molecule has 1 N–H and O–H groups in total. The van der Waals surface area contributed by atoms with Crippen molar-refractivity contribution in [1.82, 2.24) is 5.32 Å². The summed E-state index contributed by atoms with van der Waals surface area (Å²) in [4.78, 5) is 23.0. The molecule has 7 nitrogen and oxygen atoms in total. The number of nitrogens with zero attached hydrogens (tertiary/aromatic N) is 1. The van der Waals surface area contributed by atoms with E-state index in [-0.39, 0.29) is 34.2 Å². The van der Waals surface area contributed by atoms with Crippen LogP contribution in [0.4, 0.5) is 5.69 Å². The maximum absolute atomic E-state index is 12.4. The zero-order valence-electron chi connectivity index (χ0n) is 14.7. The van der Waals surface area contributed by atoms with Crippen LogP contribution in [0, 0.1) is 10.1 Å². The Balaban J connectivity index is 1.82. The van der Waals surface area contributed by atoms with Gasteiger partial charge in [-0.3, -0.25) is 14.9 Å². The fourth-order valence-electron chi connectivity index (χ4n) is 3.07. The minimum absolute atomic E-state index is 0.0332. The molecule has 142 valence electrons. The number of amides is 1. The number of halogens is 1. The number of hydrogen-bond donors (Lipinski definition) is 1. The number of nitrogens with one attached hydrogen (secondary N) is 1. The molecule has 2 aromatic rings. The molecule has 3 rings (SSSR count). The van der Waals surface area contributed by atoms with Gasteiger partial charge in [-0.15, -0.1) is 0 Å². The number of hydrogen-bond acceptors (Lipinski definition) is 5. The highest BCUT2D eigenvalue weighted by atomic mass is 35.5. The van der Waals surface area contributed by atoms with E-state index in [9.17, 15) is 14.9 Å². The normalized spacial score (nSPS) is 14.0. The highest BCUT2D eigenvalue weighted by molar-refractivity contribution is 6.30. The molecule has 1 fully saturated rings. The Kier molecular flexibility index (Phi) is 5.81. The van der Waals surface area contributed by atoms with Crippen LogP contribution >= 0.6 is 11.6 Å². The SMILES string of the molecule is COc1cc(C(=O)NC2CCCC2)ccc1Oc1ccc(Cl)cc1[N+](=O)[O-]. The number of rotatable bonds is 6. The summed E-state index contributed by atoms with van der Waals surface area (Å²) in [7, 11) is 1.44. The van der Waals surface area contributed by atoms with Crippen molar-refractivity contribution in [2.75, 3.05) is 7.11 Å². The maximum Gasteiger partial charge on any atom is 0.313 e. The number of nitro benzene ring substituents is 1. The maximum atomic E-state index is 12.4. The molecule has 0 aromatic heterocycles. The van der Waals surface area contributed by atoms with Gasteiger partial charge in [0.25, 0.3) is 5.91 Å². The van der Waals surface area contributed by atoms with Crippen LogP contribution in [0.3, 0.4) is 0 Å². The lowest BCUT2D eigenvalue weighted by Gasteiger charge is -2.14. The van der Waals surface area contributed by atoms with Crippen molar-refractivity contribution in [2.45, 2.75) is 31.7 Å². The van der Waals surface area contributed by atoms with Gasteiger partial charge in [-0.1, -0.05) is 24.4 Å². The number of carbonyl (C=O) groups excluding carboxylic acids is 1. The van der Waals surface area contributed by atoms with Gasteiger partial charge in [0.1, 0.15) is 0 Å². The molecule has 0 bridgehead atoms. The van der Waals surface area contributed by atoms with Gasteiger partial charge in [-0.2, -0.15) is 0 Å². The van der Waals surface area contributed by atoms with Crippen LogP contribution in [0.5, 0.6) is 17.2 Å². The van der Waals surface area contributed by atoms with Gasteiger partial charge < -0.3 is 14.8 Å². The molecule has 1 aliphatic carbocycles. The average Bonchev–Trinajstić information content (AvgIpc) is 3.16. The van der Waals surface area contributed by atoms with E-state index >= 15 is 0 Å². The van der Waals surface area contributed by atoms with Crippen LogP contribution in [0.2, 0.25) is 5.02 Å². The fraction of sp³-hybridized carbons (Fsp3) is 0.316. The smallest absolute Gasteiger partial charge is 0.313 e. The molecule has 0 spiro atoms. The molecular weight excluding hydrogens is 372 g/mol. The number of carbonyl (C=O) groups is 1. The molecule has 1 aliphatic rings. The van der Waals surface area contributed by atoms with Gasteiger partial charge in [0.05, 0.1) is 12.0 Å². The van der Waals surface area contributed by atoms with Crippen molar-refractivity contribution in [1.29, 1.82) is 0 Å². The van der Waals surface area contributed by atoms with E-state index in [4.69, 9.17) is 21.1 Å². The molecule has 0 unspecified atom stereocenters. The predicted octanol–water partition coefficient (Wildman–Crippen LogP) is 4.72. The van der Waals surface area contributed by atoms with E-state index in [1.807, 2.05) is 0 Å². The lowest BCUT2D eigenvalue weighted by molar-refractivity contribution is -0.385. The van der Waals surface area contributed by atoms with Crippen LogP contribution < -0.4 is 14.8 Å². The largest absolute Gasteiger partial charge is 0.493 e. The van der Waals surface area contributed by atoms with E-state index in [0.29, 0.717) is 11.3 Å². The first-order valence-electron chi connectivity index (χ1n) is 8.58. The van der Waals surface area contributed by atoms with E-state index in [2.05, 4.69) is 5.32 Å². The summed E-state index contributed by atoms with van der Waals surface area (Å²) in [6.45, 7) is 0. The number of ether oxygens (including phenoxy) is 2. The van der Waals surface area contributed by atoms with Crippen molar-refractivity contribution in [2.24, 2.45) is 0 Å². The quantitative estimate of drug-likeness (QED) is 0.569. The van der Waals surface area contributed by atoms with Crippen LogP contribution in [0.15, 0.2) is 36.4 Å². The minimum atomic E-state index is -0.572. The Morgan fingerprint density at radius 2 is 1.85 bits per heavy atom. The predicted molar refractivity (Wildman–Crippen MR) is 101 cm³/mol. The van der Waals surface area contributed by atoms with Gasteiger partial charge in [0.2, 0.25) is 5.75 Å². The molecule has 1 amide bonds. The summed E-state index contributed by atoms with van der Waals surface area (Å²) in [6, 6.07) is 9.05. The van der Waals surface area contributed by atoms with E-state index in [0.717, 1.165) is 25.7 Å². The molecule has 0 heterocycles. The van der Waals surface area contributed by atoms with Crippen LogP contribution in [0.25, 0.3) is 0 Å². The van der Waals surface area contributed by atoms with Crippen molar-refractivity contribution in [3.63, 3.8) is 0 Å². The standard InChI is InChI=1S/C19H19ClN2O5/c1-26-18-10-12(19(23)21-14-4-2-3-5-14)6-8-17(18)27-16-9-7-13(20)11-15(16)22(24)25/h6-11,14H,2-5H2,1H3,(H,21,23). The first kappa shape index (κ1) is 19.0. The molecule has 1 saturated carbocycles. The van der Waals surface area contributed by atoms with Gasteiger partial charge in [0, 0.05) is 22.7 Å². The van der Waals surface area contributed by atoms with E-state index in [1.54, 1.807) is 18.2 Å². The van der Waals surface area contributed by atoms with Gasteiger partial charge >= 0.3 is 5.69 Å². The summed E-state index contributed by atoms with van der Waals surface area (Å²) in [5, 5.41) is 14.5. The highest BCUT2D eigenvalue weighted by Gasteiger charge is 2.21. The van der Waals surface area contributed by atoms with Gasteiger partial charge in [-0.25, -0.2) is 0 Å². The van der Waals surface area contributed by atoms with Crippen LogP contribution in [0.1, 0.15) is 36.0 Å². The zero-order valence-corrected chi connectivity index (χ0v) is 15.5. The van der Waals surface area contributed by atoms with Crippen molar-refractivity contribution in [3.8, 4) is 17.2 Å². The molecule has 27 heavy (non-hydrogen) atoms. The summed E-state index contributed by atoms with van der Waals surface area (Å²) in [5.41, 5.74) is 0.185. The van der Waals surface area contributed by atoms with Crippen molar-refractivity contribution >= 4 is 23.2 Å². The lowest BCUT2D eigenvalue weighted by Crippen LogP contribution is -2.32. The Labute approximate surface area is 161 Å². The minimum Gasteiger partial charge on any atom is -0.493 e. The van der Waals surface area contributed by atoms with Crippen molar-refractivity contribution in [3.05, 3.63) is 57.1 Å². The second-order valence-corrected chi connectivity index (χ2v) is 6.73. The molecule has 0 radical (unpaired) electrons. The van der Waals surface area contributed by atoms with E-state index in [1.165, 1.54) is 25.3 Å². The third-order valence-corrected chi connectivity index (χ3v) is 4.69. The van der Waals surface area contributed by atoms with Gasteiger partial charge in [-0.05, 0) is 43.2 Å². The lowest BCUT2D eigenvalue weighted by atomic mass is 10.1. The number of nitro groups is 1. The first-order valence-corrected chi connectivity index (χ1v) is 8.96. The topological polar surface area (TPSA) is 90.7 Å². The Bertz CT molecular complexity index is 865. The van der Waals surface area contributed by atoms with Crippen molar-refractivity contribution < 1.29 is 19.2 Å². The molecule has 8 heteroatoms. The first-order chi connectivity index (χ1) is 13.0. The highest BCUT2D eigenvalue weighted by Crippen LogP contribution is 2.38. The Morgan fingerprint density at radius 1 is 1.15 bits per heavy atom. The monoisotopic (exact) mass is 390 g/mol. The Morgan fingerprint density at radius 3 is 2.52 bits per heavy atom. The molecule has 2 aromatic carbocycles. The summed E-state index contributed by atoms with van der Waals surface area (Å²) in [5.74, 6) is 0.425. The summed E-state index contributed by atoms with van der Waals surface area (Å²) < 4.78 is 11.0. The molecule has 0 aliphatic heterocycles. The molecule has 0 saturated heterocycles. The third-order valence-electron chi connectivity index (χ3n) is 4.45. The average molecular weight is 391 g/mol. The molecule has 0 atom stereocenters. The molecular formula is C19H19ClN2O5. The summed E-state index contributed by atoms with van der Waals surface area (Å²) in [6.07, 6.45) is 4.23. The third kappa shape index (κ3) is 4.49. The second kappa shape index (κ2) is 8.26. The van der Waals surface area contributed by atoms with E-state index < -0.39 is 4.92 Å². The zero-order chi connectivity index (χ0) is 19.4. The summed E-state index contributed by atoms with van der Waals surface area (Å²) >= 11 is 5.82. The second-order valence-electron chi connectivity index (χ2n) is 6.29. The fourth-order valence-corrected chi connectivity index (χ4v) is 3.24.